The highest BCUT2D eigenvalue weighted by molar-refractivity contribution is 7.13. The van der Waals surface area contributed by atoms with Gasteiger partial charge >= 0.3 is 0 Å². The number of carbonyl (C=O) groups is 1. The lowest BCUT2D eigenvalue weighted by molar-refractivity contribution is 0.0911. The Morgan fingerprint density at radius 2 is 2.10 bits per heavy atom. The molecule has 7 heteroatoms. The molecule has 2 aromatic rings. The van der Waals surface area contributed by atoms with E-state index in [1.54, 1.807) is 11.4 Å². The van der Waals surface area contributed by atoms with E-state index >= 15 is 0 Å². The molecule has 1 aromatic heterocycles. The first-order valence-electron chi connectivity index (χ1n) is 6.16. The second kappa shape index (κ2) is 7.22. The third-order valence-corrected chi connectivity index (χ3v) is 4.01. The van der Waals surface area contributed by atoms with Crippen molar-refractivity contribution >= 4 is 41.3 Å². The average Bonchev–Trinajstić information content (AvgIpc) is 2.88. The van der Waals surface area contributed by atoms with Gasteiger partial charge in [0.15, 0.2) is 0 Å². The molecule has 0 unspecified atom stereocenters. The van der Waals surface area contributed by atoms with Gasteiger partial charge in [0, 0.05) is 23.0 Å². The number of carbonyl (C=O) groups excluding carboxylic acids is 1. The zero-order valence-corrected chi connectivity index (χ0v) is 14.1. The molecule has 0 aliphatic heterocycles. The minimum absolute atomic E-state index is 0. The van der Waals surface area contributed by atoms with Crippen LogP contribution in [0, 0.1) is 0 Å². The van der Waals surface area contributed by atoms with E-state index in [4.69, 9.17) is 17.3 Å². The van der Waals surface area contributed by atoms with Crippen LogP contribution in [0.5, 0.6) is 0 Å². The van der Waals surface area contributed by atoms with Gasteiger partial charge in [-0.2, -0.15) is 0 Å². The summed E-state index contributed by atoms with van der Waals surface area (Å²) in [5.74, 6) is -0.227. The fraction of sp³-hybridized carbons (Fsp3) is 0.286. The van der Waals surface area contributed by atoms with Crippen molar-refractivity contribution in [1.29, 1.82) is 0 Å². The van der Waals surface area contributed by atoms with Crippen LogP contribution in [0.25, 0.3) is 10.6 Å². The lowest BCUT2D eigenvalue weighted by atomic mass is 10.1. The Bertz CT molecular complexity index is 628. The summed E-state index contributed by atoms with van der Waals surface area (Å²) in [5.41, 5.74) is 6.36. The maximum atomic E-state index is 12.1. The van der Waals surface area contributed by atoms with Crippen molar-refractivity contribution in [2.75, 3.05) is 6.54 Å². The van der Waals surface area contributed by atoms with Crippen LogP contribution < -0.4 is 11.1 Å². The summed E-state index contributed by atoms with van der Waals surface area (Å²) in [5, 5.41) is 5.92. The highest BCUT2D eigenvalue weighted by atomic mass is 35.5. The zero-order chi connectivity index (χ0) is 14.8. The fourth-order valence-corrected chi connectivity index (χ4v) is 2.68. The number of amides is 1. The van der Waals surface area contributed by atoms with Gasteiger partial charge in [-0.3, -0.25) is 4.79 Å². The predicted molar refractivity (Wildman–Crippen MR) is 90.4 cm³/mol. The number of nitrogens with two attached hydrogens (primary N) is 1. The van der Waals surface area contributed by atoms with E-state index < -0.39 is 5.54 Å². The molecular formula is C14H17Cl2N3OS. The Morgan fingerprint density at radius 1 is 1.43 bits per heavy atom. The third-order valence-electron chi connectivity index (χ3n) is 2.80. The molecule has 0 radical (unpaired) electrons. The van der Waals surface area contributed by atoms with E-state index in [1.807, 2.05) is 32.0 Å². The summed E-state index contributed by atoms with van der Waals surface area (Å²) in [7, 11) is 0. The topological polar surface area (TPSA) is 68.0 Å². The van der Waals surface area contributed by atoms with Crippen LogP contribution >= 0.6 is 35.3 Å². The molecule has 4 nitrogen and oxygen atoms in total. The van der Waals surface area contributed by atoms with Crippen molar-refractivity contribution in [3.05, 3.63) is 40.4 Å². The smallest absolute Gasteiger partial charge is 0.271 e. The molecule has 114 valence electrons. The van der Waals surface area contributed by atoms with E-state index in [2.05, 4.69) is 10.3 Å². The van der Waals surface area contributed by atoms with Crippen molar-refractivity contribution in [1.82, 2.24) is 10.3 Å². The van der Waals surface area contributed by atoms with Gasteiger partial charge in [0.25, 0.3) is 5.91 Å². The van der Waals surface area contributed by atoms with E-state index in [0.717, 1.165) is 10.6 Å². The molecule has 1 heterocycles. The molecule has 0 fully saturated rings. The Balaban J connectivity index is 0.00000220. The van der Waals surface area contributed by atoms with Crippen LogP contribution in [0.2, 0.25) is 5.02 Å². The van der Waals surface area contributed by atoms with Crippen LogP contribution in [-0.2, 0) is 0 Å². The second-order valence-corrected chi connectivity index (χ2v) is 6.33. The molecule has 0 bridgehead atoms. The minimum Gasteiger partial charge on any atom is -0.345 e. The van der Waals surface area contributed by atoms with E-state index in [1.165, 1.54) is 11.3 Å². The monoisotopic (exact) mass is 345 g/mol. The molecule has 1 aromatic carbocycles. The van der Waals surface area contributed by atoms with Gasteiger partial charge in [-0.15, -0.1) is 23.7 Å². The number of hydrogen-bond donors (Lipinski definition) is 2. The largest absolute Gasteiger partial charge is 0.345 e. The van der Waals surface area contributed by atoms with Gasteiger partial charge < -0.3 is 11.1 Å². The molecule has 3 N–H and O–H groups in total. The number of rotatable bonds is 4. The first kappa shape index (κ1) is 17.9. The molecule has 0 spiro atoms. The lowest BCUT2D eigenvalue weighted by Gasteiger charge is -2.23. The number of aromatic nitrogens is 1. The number of hydrogen-bond acceptors (Lipinski definition) is 4. The molecule has 0 aliphatic rings. The van der Waals surface area contributed by atoms with Crippen molar-refractivity contribution in [2.45, 2.75) is 19.4 Å². The van der Waals surface area contributed by atoms with Gasteiger partial charge in [-0.25, -0.2) is 4.98 Å². The number of nitrogens with one attached hydrogen (secondary N) is 1. The second-order valence-electron chi connectivity index (χ2n) is 5.06. The average molecular weight is 346 g/mol. The fourth-order valence-electron chi connectivity index (χ4n) is 1.56. The molecule has 0 saturated carbocycles. The van der Waals surface area contributed by atoms with E-state index in [9.17, 15) is 4.79 Å². The molecule has 0 saturated heterocycles. The number of halogens is 2. The Kier molecular flexibility index (Phi) is 6.16. The third kappa shape index (κ3) is 4.41. The van der Waals surface area contributed by atoms with Gasteiger partial charge in [0.1, 0.15) is 10.7 Å². The summed E-state index contributed by atoms with van der Waals surface area (Å²) in [6.07, 6.45) is 0. The van der Waals surface area contributed by atoms with Gasteiger partial charge in [-0.1, -0.05) is 29.8 Å². The summed E-state index contributed by atoms with van der Waals surface area (Å²) in [6.45, 7) is 4.10. The SMILES string of the molecule is CC(C)(CN)NC(=O)c1csc(-c2ccccc2Cl)n1.Cl. The number of thiazole rings is 1. The Morgan fingerprint density at radius 3 is 2.71 bits per heavy atom. The molecule has 0 atom stereocenters. The highest BCUT2D eigenvalue weighted by Gasteiger charge is 2.21. The molecular weight excluding hydrogens is 329 g/mol. The summed E-state index contributed by atoms with van der Waals surface area (Å²) >= 11 is 7.52. The quantitative estimate of drug-likeness (QED) is 0.892. The first-order chi connectivity index (χ1) is 9.43. The maximum absolute atomic E-state index is 12.1. The molecule has 0 aliphatic carbocycles. The van der Waals surface area contributed by atoms with Crippen LogP contribution in [0.4, 0.5) is 0 Å². The van der Waals surface area contributed by atoms with Crippen molar-refractivity contribution < 1.29 is 4.79 Å². The van der Waals surface area contributed by atoms with Crippen molar-refractivity contribution in [2.24, 2.45) is 5.73 Å². The van der Waals surface area contributed by atoms with Gasteiger partial charge in [0.05, 0.1) is 5.02 Å². The summed E-state index contributed by atoms with van der Waals surface area (Å²) in [4.78, 5) is 16.4. The highest BCUT2D eigenvalue weighted by Crippen LogP contribution is 2.30. The summed E-state index contributed by atoms with van der Waals surface area (Å²) < 4.78 is 0. The van der Waals surface area contributed by atoms with Gasteiger partial charge in [0.2, 0.25) is 0 Å². The van der Waals surface area contributed by atoms with Crippen molar-refractivity contribution in [3.8, 4) is 10.6 Å². The standard InChI is InChI=1S/C14H16ClN3OS.ClH/c1-14(2,8-16)18-12(19)11-7-20-13(17-11)9-5-3-4-6-10(9)15;/h3-7H,8,16H2,1-2H3,(H,18,19);1H. The summed E-state index contributed by atoms with van der Waals surface area (Å²) in [6, 6.07) is 7.43. The van der Waals surface area contributed by atoms with E-state index in [-0.39, 0.29) is 18.3 Å². The first-order valence-corrected chi connectivity index (χ1v) is 7.42. The lowest BCUT2D eigenvalue weighted by Crippen LogP contribution is -2.48. The normalized spacial score (nSPS) is 10.9. The van der Waals surface area contributed by atoms with Crippen LogP contribution in [0.15, 0.2) is 29.6 Å². The Hall–Kier alpha value is -1.14. The Labute approximate surface area is 139 Å². The molecule has 2 rings (SSSR count). The maximum Gasteiger partial charge on any atom is 0.271 e. The molecule has 1 amide bonds. The van der Waals surface area contributed by atoms with Crippen LogP contribution in [0.1, 0.15) is 24.3 Å². The van der Waals surface area contributed by atoms with Crippen LogP contribution in [0.3, 0.4) is 0 Å². The van der Waals surface area contributed by atoms with Crippen LogP contribution in [-0.4, -0.2) is 23.0 Å². The predicted octanol–water partition coefficient (Wildman–Crippen LogP) is 3.35. The van der Waals surface area contributed by atoms with E-state index in [0.29, 0.717) is 17.3 Å². The van der Waals surface area contributed by atoms with Crippen molar-refractivity contribution in [3.63, 3.8) is 0 Å². The van der Waals surface area contributed by atoms with Gasteiger partial charge in [-0.05, 0) is 19.9 Å². The number of benzene rings is 1. The zero-order valence-electron chi connectivity index (χ0n) is 11.7. The number of nitrogens with zero attached hydrogens (tertiary/aromatic N) is 1. The molecule has 21 heavy (non-hydrogen) atoms. The minimum atomic E-state index is -0.453.